The minimum Gasteiger partial charge on any atom is -0.491 e. The van der Waals surface area contributed by atoms with Crippen LogP contribution in [0.5, 0.6) is 5.75 Å². The summed E-state index contributed by atoms with van der Waals surface area (Å²) in [5, 5.41) is 9.23. The van der Waals surface area contributed by atoms with Crippen LogP contribution in [0.25, 0.3) is 22.9 Å². The van der Waals surface area contributed by atoms with Gasteiger partial charge in [-0.1, -0.05) is 29.8 Å². The summed E-state index contributed by atoms with van der Waals surface area (Å²) in [7, 11) is 0. The quantitative estimate of drug-likeness (QED) is 0.608. The molecule has 1 aliphatic carbocycles. The average Bonchev–Trinajstić information content (AvgIpc) is 3.00. The van der Waals surface area contributed by atoms with Crippen LogP contribution in [0, 0.1) is 0 Å². The first-order chi connectivity index (χ1) is 15.3. The fourth-order valence-electron chi connectivity index (χ4n) is 4.44. The summed E-state index contributed by atoms with van der Waals surface area (Å²) < 4.78 is 8.67. The molecular weight excluding hydrogens is 429 g/mol. The Bertz CT molecular complexity index is 1210. The Balaban J connectivity index is 0.00000112. The maximum Gasteiger partial charge on any atom is 0.127 e. The lowest BCUT2D eigenvalue weighted by molar-refractivity contribution is 0.298. The molecule has 31 heavy (non-hydrogen) atoms. The highest BCUT2D eigenvalue weighted by Gasteiger charge is 2.17. The minimum atomic E-state index is 0.619. The number of nitrogens with zero attached hydrogens (tertiary/aromatic N) is 2. The molecule has 0 spiro atoms. The maximum atomic E-state index is 6.32. The summed E-state index contributed by atoms with van der Waals surface area (Å²) in [6.07, 6.45) is 14.6. The van der Waals surface area contributed by atoms with E-state index in [0.29, 0.717) is 6.61 Å². The molecule has 1 aromatic carbocycles. The first kappa shape index (κ1) is 21.9. The summed E-state index contributed by atoms with van der Waals surface area (Å²) >= 11 is 11.0. The molecule has 1 aliphatic heterocycles. The lowest BCUT2D eigenvalue weighted by Crippen LogP contribution is -2.32. The zero-order valence-corrected chi connectivity index (χ0v) is 19.2. The van der Waals surface area contributed by atoms with E-state index in [2.05, 4.69) is 44.7 Å². The number of fused-ring (bicyclic) bond motifs is 4. The highest BCUT2D eigenvalue weighted by atomic mass is 35.5. The van der Waals surface area contributed by atoms with Crippen LogP contribution in [-0.4, -0.2) is 35.6 Å². The molecule has 3 heterocycles. The first-order valence-electron chi connectivity index (χ1n) is 10.6. The first-order valence-corrected chi connectivity index (χ1v) is 11.8. The molecule has 0 fully saturated rings. The predicted molar refractivity (Wildman–Crippen MR) is 130 cm³/mol. The molecule has 2 aromatic heterocycles. The Morgan fingerprint density at radius 2 is 2.00 bits per heavy atom. The Kier molecular flexibility index (Phi) is 7.33. The average molecular weight is 456 g/mol. The van der Waals surface area contributed by atoms with Crippen molar-refractivity contribution in [1.82, 2.24) is 14.9 Å². The third-order valence-electron chi connectivity index (χ3n) is 5.79. The maximum absolute atomic E-state index is 6.32. The van der Waals surface area contributed by atoms with Crippen LogP contribution in [0.15, 0.2) is 47.8 Å². The van der Waals surface area contributed by atoms with Crippen molar-refractivity contribution >= 4 is 46.1 Å². The van der Waals surface area contributed by atoms with Crippen LogP contribution < -0.4 is 20.6 Å². The van der Waals surface area contributed by atoms with Crippen molar-refractivity contribution in [2.24, 2.45) is 0 Å². The number of alkyl halides is 1. The third-order valence-corrected chi connectivity index (χ3v) is 6.07. The summed E-state index contributed by atoms with van der Waals surface area (Å²) in [5.74, 6) is 0.911. The molecule has 0 saturated carbocycles. The van der Waals surface area contributed by atoms with Crippen LogP contribution in [-0.2, 0) is 19.4 Å². The molecule has 0 saturated heterocycles. The number of halogens is 2. The molecule has 2 aliphatic rings. The molecule has 5 rings (SSSR count). The Morgan fingerprint density at radius 3 is 2.90 bits per heavy atom. The number of benzene rings is 1. The van der Waals surface area contributed by atoms with E-state index in [1.807, 2.05) is 36.7 Å². The van der Waals surface area contributed by atoms with E-state index in [9.17, 15) is 0 Å². The molecule has 0 bridgehead atoms. The SMILES string of the molecule is CCl.ClC1=CC=c2c(c3c(n2CCOc2cccc4cnccc24)CCNCC3)=CC1. The van der Waals surface area contributed by atoms with Gasteiger partial charge in [0.1, 0.15) is 12.4 Å². The number of nitrogens with one attached hydrogen (secondary N) is 1. The number of allylic oxidation sites excluding steroid dienone is 2. The van der Waals surface area contributed by atoms with Gasteiger partial charge in [-0.3, -0.25) is 4.98 Å². The van der Waals surface area contributed by atoms with Gasteiger partial charge in [0.25, 0.3) is 0 Å². The van der Waals surface area contributed by atoms with Crippen molar-refractivity contribution < 1.29 is 4.74 Å². The van der Waals surface area contributed by atoms with Gasteiger partial charge in [0.05, 0.1) is 6.54 Å². The molecule has 3 aromatic rings. The summed E-state index contributed by atoms with van der Waals surface area (Å²) in [4.78, 5) is 4.21. The summed E-state index contributed by atoms with van der Waals surface area (Å²) in [5.41, 5.74) is 2.90. The molecular formula is C25H27Cl2N3O. The highest BCUT2D eigenvalue weighted by Crippen LogP contribution is 2.24. The summed E-state index contributed by atoms with van der Waals surface area (Å²) in [6.45, 7) is 3.48. The second kappa shape index (κ2) is 10.4. The van der Waals surface area contributed by atoms with E-state index in [0.717, 1.165) is 60.5 Å². The molecule has 0 radical (unpaired) electrons. The predicted octanol–water partition coefficient (Wildman–Crippen LogP) is 3.75. The van der Waals surface area contributed by atoms with Crippen molar-refractivity contribution in [3.05, 3.63) is 69.6 Å². The largest absolute Gasteiger partial charge is 0.491 e. The van der Waals surface area contributed by atoms with Crippen LogP contribution in [0.2, 0.25) is 0 Å². The molecule has 0 atom stereocenters. The lowest BCUT2D eigenvalue weighted by atomic mass is 10.1. The van der Waals surface area contributed by atoms with Gasteiger partial charge in [-0.25, -0.2) is 0 Å². The van der Waals surface area contributed by atoms with Gasteiger partial charge in [0.2, 0.25) is 0 Å². The van der Waals surface area contributed by atoms with Gasteiger partial charge < -0.3 is 14.6 Å². The molecule has 4 nitrogen and oxygen atoms in total. The molecule has 162 valence electrons. The second-order valence-electron chi connectivity index (χ2n) is 7.52. The zero-order chi connectivity index (χ0) is 21.6. The fourth-order valence-corrected chi connectivity index (χ4v) is 4.58. The molecule has 1 N–H and O–H groups in total. The van der Waals surface area contributed by atoms with E-state index in [4.69, 9.17) is 16.3 Å². The van der Waals surface area contributed by atoms with E-state index < -0.39 is 0 Å². The third kappa shape index (κ3) is 4.67. The molecule has 0 amide bonds. The number of aromatic nitrogens is 2. The van der Waals surface area contributed by atoms with Crippen molar-refractivity contribution in [2.45, 2.75) is 25.8 Å². The number of rotatable bonds is 4. The second-order valence-corrected chi connectivity index (χ2v) is 8.00. The van der Waals surface area contributed by atoms with E-state index in [1.54, 1.807) is 0 Å². The van der Waals surface area contributed by atoms with Crippen LogP contribution in [0.4, 0.5) is 0 Å². The number of pyridine rings is 1. The Labute approximate surface area is 192 Å². The standard InChI is InChI=1S/C24H24ClN3O.CH3Cl/c25-18-4-6-20-21-9-11-26-13-10-23(21)28(22(20)7-5-18)14-15-29-24-3-1-2-17-16-27-12-8-19(17)24;1-2/h1-3,5-8,12,16,26H,4,9-11,13-15H2;1H3. The smallest absolute Gasteiger partial charge is 0.127 e. The number of ether oxygens (including phenoxy) is 1. The van der Waals surface area contributed by atoms with Crippen molar-refractivity contribution in [3.8, 4) is 5.75 Å². The highest BCUT2D eigenvalue weighted by molar-refractivity contribution is 6.30. The van der Waals surface area contributed by atoms with Gasteiger partial charge in [0.15, 0.2) is 0 Å². The summed E-state index contributed by atoms with van der Waals surface area (Å²) in [6, 6.07) is 8.13. The van der Waals surface area contributed by atoms with E-state index >= 15 is 0 Å². The van der Waals surface area contributed by atoms with Gasteiger partial charge in [0, 0.05) is 65.0 Å². The topological polar surface area (TPSA) is 39.1 Å². The monoisotopic (exact) mass is 455 g/mol. The van der Waals surface area contributed by atoms with Crippen LogP contribution in [0.3, 0.4) is 0 Å². The van der Waals surface area contributed by atoms with Crippen molar-refractivity contribution in [3.63, 3.8) is 0 Å². The number of hydrogen-bond donors (Lipinski definition) is 1. The molecule has 0 unspecified atom stereocenters. The fraction of sp³-hybridized carbons (Fsp3) is 0.320. The number of hydrogen-bond acceptors (Lipinski definition) is 3. The van der Waals surface area contributed by atoms with Gasteiger partial charge >= 0.3 is 0 Å². The van der Waals surface area contributed by atoms with Crippen LogP contribution >= 0.6 is 23.2 Å². The molecule has 6 heteroatoms. The Morgan fingerprint density at radius 1 is 1.13 bits per heavy atom. The van der Waals surface area contributed by atoms with Gasteiger partial charge in [-0.2, -0.15) is 0 Å². The van der Waals surface area contributed by atoms with Gasteiger partial charge in [-0.05, 0) is 48.0 Å². The Hall–Kier alpha value is -2.27. The zero-order valence-electron chi connectivity index (χ0n) is 17.7. The normalized spacial score (nSPS) is 15.1. The van der Waals surface area contributed by atoms with Crippen LogP contribution in [0.1, 0.15) is 17.7 Å². The van der Waals surface area contributed by atoms with E-state index in [-0.39, 0.29) is 0 Å². The lowest BCUT2D eigenvalue weighted by Gasteiger charge is -2.13. The van der Waals surface area contributed by atoms with Crippen molar-refractivity contribution in [2.75, 3.05) is 26.1 Å². The van der Waals surface area contributed by atoms with Gasteiger partial charge in [-0.15, -0.1) is 11.6 Å². The van der Waals surface area contributed by atoms with E-state index in [1.165, 1.54) is 28.2 Å². The minimum absolute atomic E-state index is 0.619. The van der Waals surface area contributed by atoms with Crippen molar-refractivity contribution in [1.29, 1.82) is 0 Å².